The van der Waals surface area contributed by atoms with E-state index in [4.69, 9.17) is 0 Å². The first-order valence-corrected chi connectivity index (χ1v) is 7.47. The number of aromatic nitrogens is 1. The number of carbonyl (C=O) groups excluding carboxylic acids is 1. The highest BCUT2D eigenvalue weighted by molar-refractivity contribution is 7.89. The molecule has 0 bridgehead atoms. The van der Waals surface area contributed by atoms with Gasteiger partial charge >= 0.3 is 0 Å². The average Bonchev–Trinajstić information content (AvgIpc) is 2.39. The molecule has 1 aromatic rings. The van der Waals surface area contributed by atoms with Crippen LogP contribution in [-0.4, -0.2) is 43.2 Å². The summed E-state index contributed by atoms with van der Waals surface area (Å²) in [6.45, 7) is 3.61. The highest BCUT2D eigenvalue weighted by Crippen LogP contribution is 2.11. The Bertz CT molecular complexity index is 516. The van der Waals surface area contributed by atoms with Crippen LogP contribution in [0.25, 0.3) is 0 Å². The van der Waals surface area contributed by atoms with Crippen LogP contribution in [0.15, 0.2) is 29.4 Å². The van der Waals surface area contributed by atoms with Crippen molar-refractivity contribution in [3.05, 3.63) is 24.5 Å². The maximum Gasteiger partial charge on any atom is 0.244 e. The van der Waals surface area contributed by atoms with E-state index in [1.165, 1.54) is 25.5 Å². The van der Waals surface area contributed by atoms with Crippen LogP contribution in [0.1, 0.15) is 20.3 Å². The summed E-state index contributed by atoms with van der Waals surface area (Å²) in [4.78, 5) is 15.5. The molecule has 0 aliphatic carbocycles. The zero-order valence-electron chi connectivity index (χ0n) is 11.3. The third-order valence-electron chi connectivity index (χ3n) is 2.73. The Morgan fingerprint density at radius 2 is 2.21 bits per heavy atom. The number of hydrogen-bond donors (Lipinski definition) is 1. The minimum atomic E-state index is -3.67. The van der Waals surface area contributed by atoms with E-state index in [2.05, 4.69) is 10.3 Å². The van der Waals surface area contributed by atoms with Crippen LogP contribution in [0.4, 0.5) is 0 Å². The first-order valence-electron chi connectivity index (χ1n) is 6.03. The van der Waals surface area contributed by atoms with Crippen LogP contribution in [0, 0.1) is 0 Å². The van der Waals surface area contributed by atoms with E-state index in [1.54, 1.807) is 6.07 Å². The van der Waals surface area contributed by atoms with E-state index in [0.29, 0.717) is 0 Å². The number of hydrogen-bond acceptors (Lipinski definition) is 4. The largest absolute Gasteiger partial charge is 0.353 e. The van der Waals surface area contributed by atoms with Crippen LogP contribution >= 0.6 is 0 Å². The number of carbonyl (C=O) groups is 1. The fourth-order valence-electron chi connectivity index (χ4n) is 1.39. The summed E-state index contributed by atoms with van der Waals surface area (Å²) in [7, 11) is -2.29. The van der Waals surface area contributed by atoms with Gasteiger partial charge in [0.2, 0.25) is 15.9 Å². The number of likely N-dealkylation sites (N-methyl/N-ethyl adjacent to an activating group) is 1. The molecule has 0 radical (unpaired) electrons. The van der Waals surface area contributed by atoms with E-state index in [1.807, 2.05) is 13.8 Å². The van der Waals surface area contributed by atoms with Crippen molar-refractivity contribution in [3.63, 3.8) is 0 Å². The topological polar surface area (TPSA) is 79.4 Å². The van der Waals surface area contributed by atoms with E-state index in [-0.39, 0.29) is 23.4 Å². The first kappa shape index (κ1) is 15.6. The third kappa shape index (κ3) is 4.29. The Kier molecular flexibility index (Phi) is 5.44. The predicted molar refractivity (Wildman–Crippen MR) is 71.9 cm³/mol. The van der Waals surface area contributed by atoms with Gasteiger partial charge in [0.1, 0.15) is 4.90 Å². The van der Waals surface area contributed by atoms with Gasteiger partial charge in [-0.25, -0.2) is 8.42 Å². The summed E-state index contributed by atoms with van der Waals surface area (Å²) in [6.07, 6.45) is 3.55. The fraction of sp³-hybridized carbons (Fsp3) is 0.500. The van der Waals surface area contributed by atoms with Gasteiger partial charge in [0.05, 0.1) is 6.54 Å². The quantitative estimate of drug-likeness (QED) is 0.831. The van der Waals surface area contributed by atoms with Crippen molar-refractivity contribution in [1.82, 2.24) is 14.6 Å². The number of nitrogens with zero attached hydrogens (tertiary/aromatic N) is 2. The molecule has 1 N–H and O–H groups in total. The lowest BCUT2D eigenvalue weighted by atomic mass is 10.2. The molecule has 0 fully saturated rings. The highest BCUT2D eigenvalue weighted by Gasteiger charge is 2.23. The molecule has 0 aromatic carbocycles. The van der Waals surface area contributed by atoms with Crippen LogP contribution in [0.3, 0.4) is 0 Å². The Labute approximate surface area is 113 Å². The maximum atomic E-state index is 12.1. The molecule has 7 heteroatoms. The first-order chi connectivity index (χ1) is 8.87. The molecule has 1 atom stereocenters. The smallest absolute Gasteiger partial charge is 0.244 e. The normalized spacial score (nSPS) is 13.3. The molecule has 0 spiro atoms. The van der Waals surface area contributed by atoms with Gasteiger partial charge in [0, 0.05) is 25.5 Å². The second-order valence-corrected chi connectivity index (χ2v) is 6.37. The lowest BCUT2D eigenvalue weighted by Gasteiger charge is -2.18. The molecule has 1 aromatic heterocycles. The molecule has 0 aliphatic heterocycles. The second kappa shape index (κ2) is 6.63. The van der Waals surface area contributed by atoms with Gasteiger partial charge < -0.3 is 5.32 Å². The number of amides is 1. The van der Waals surface area contributed by atoms with Gasteiger partial charge in [0.25, 0.3) is 0 Å². The molecule has 6 nitrogen and oxygen atoms in total. The molecule has 0 saturated heterocycles. The van der Waals surface area contributed by atoms with Gasteiger partial charge in [-0.2, -0.15) is 4.31 Å². The van der Waals surface area contributed by atoms with E-state index in [0.717, 1.165) is 10.7 Å². The lowest BCUT2D eigenvalue weighted by Crippen LogP contribution is -2.41. The fourth-order valence-corrected chi connectivity index (χ4v) is 2.48. The van der Waals surface area contributed by atoms with Gasteiger partial charge in [-0.15, -0.1) is 0 Å². The summed E-state index contributed by atoms with van der Waals surface area (Å²) < 4.78 is 25.3. The van der Waals surface area contributed by atoms with Gasteiger partial charge in [-0.1, -0.05) is 6.92 Å². The van der Waals surface area contributed by atoms with E-state index >= 15 is 0 Å². The maximum absolute atomic E-state index is 12.1. The van der Waals surface area contributed by atoms with Crippen LogP contribution in [-0.2, 0) is 14.8 Å². The molecule has 1 heterocycles. The summed E-state index contributed by atoms with van der Waals surface area (Å²) in [5.41, 5.74) is 0. The molecule has 0 saturated carbocycles. The second-order valence-electron chi connectivity index (χ2n) is 4.33. The molecular formula is C12H19N3O3S. The third-order valence-corrected chi connectivity index (χ3v) is 4.52. The highest BCUT2D eigenvalue weighted by atomic mass is 32.2. The SMILES string of the molecule is CC[C@@H](C)NC(=O)CN(C)S(=O)(=O)c1cccnc1. The van der Waals surface area contributed by atoms with Crippen molar-refractivity contribution < 1.29 is 13.2 Å². The molecule has 19 heavy (non-hydrogen) atoms. The molecular weight excluding hydrogens is 266 g/mol. The van der Waals surface area contributed by atoms with Crippen LogP contribution < -0.4 is 5.32 Å². The Morgan fingerprint density at radius 3 is 2.74 bits per heavy atom. The van der Waals surface area contributed by atoms with Crippen molar-refractivity contribution in [1.29, 1.82) is 0 Å². The average molecular weight is 285 g/mol. The Balaban J connectivity index is 2.73. The summed E-state index contributed by atoms with van der Waals surface area (Å²) in [5.74, 6) is -0.315. The molecule has 1 rings (SSSR count). The summed E-state index contributed by atoms with van der Waals surface area (Å²) in [6, 6.07) is 3.02. The molecule has 0 unspecified atom stereocenters. The van der Waals surface area contributed by atoms with Crippen LogP contribution in [0.5, 0.6) is 0 Å². The lowest BCUT2D eigenvalue weighted by molar-refractivity contribution is -0.121. The minimum absolute atomic E-state index is 0.0296. The van der Waals surface area contributed by atoms with Gasteiger partial charge in [-0.3, -0.25) is 9.78 Å². The monoisotopic (exact) mass is 285 g/mol. The van der Waals surface area contributed by atoms with Crippen molar-refractivity contribution in [3.8, 4) is 0 Å². The molecule has 1 amide bonds. The van der Waals surface area contributed by atoms with Crippen LogP contribution in [0.2, 0.25) is 0 Å². The summed E-state index contributed by atoms with van der Waals surface area (Å²) >= 11 is 0. The standard InChI is InChI=1S/C12H19N3O3S/c1-4-10(2)14-12(16)9-15(3)19(17,18)11-6-5-7-13-8-11/h5-8,10H,4,9H2,1-3H3,(H,14,16)/t10-/m1/s1. The number of rotatable bonds is 6. The Hall–Kier alpha value is -1.47. The van der Waals surface area contributed by atoms with Gasteiger partial charge in [-0.05, 0) is 25.5 Å². The number of nitrogens with one attached hydrogen (secondary N) is 1. The van der Waals surface area contributed by atoms with Crippen molar-refractivity contribution >= 4 is 15.9 Å². The van der Waals surface area contributed by atoms with Gasteiger partial charge in [0.15, 0.2) is 0 Å². The zero-order valence-corrected chi connectivity index (χ0v) is 12.1. The Morgan fingerprint density at radius 1 is 1.53 bits per heavy atom. The molecule has 106 valence electrons. The minimum Gasteiger partial charge on any atom is -0.353 e. The zero-order chi connectivity index (χ0) is 14.5. The summed E-state index contributed by atoms with van der Waals surface area (Å²) in [5, 5.41) is 2.72. The van der Waals surface area contributed by atoms with Crippen molar-refractivity contribution in [2.24, 2.45) is 0 Å². The van der Waals surface area contributed by atoms with E-state index in [9.17, 15) is 13.2 Å². The van der Waals surface area contributed by atoms with E-state index < -0.39 is 10.0 Å². The molecule has 0 aliphatic rings. The number of sulfonamides is 1. The van der Waals surface area contributed by atoms with Crippen molar-refractivity contribution in [2.45, 2.75) is 31.2 Å². The predicted octanol–water partition coefficient (Wildman–Crippen LogP) is 0.617. The number of pyridine rings is 1. The van der Waals surface area contributed by atoms with Crippen molar-refractivity contribution in [2.75, 3.05) is 13.6 Å².